The maximum atomic E-state index is 12.2. The zero-order valence-electron chi connectivity index (χ0n) is 9.36. The molecule has 1 amide bonds. The van der Waals surface area contributed by atoms with Crippen molar-refractivity contribution in [3.63, 3.8) is 0 Å². The lowest BCUT2D eigenvalue weighted by atomic mass is 10.1. The minimum absolute atomic E-state index is 0.101. The largest absolute Gasteiger partial charge is 0.334 e. The summed E-state index contributed by atoms with van der Waals surface area (Å²) >= 11 is 11.7. The van der Waals surface area contributed by atoms with Crippen LogP contribution in [0.4, 0.5) is 0 Å². The van der Waals surface area contributed by atoms with Crippen LogP contribution < -0.4 is 0 Å². The third kappa shape index (κ3) is 2.79. The van der Waals surface area contributed by atoms with Gasteiger partial charge in [-0.1, -0.05) is 42.3 Å². The zero-order valence-corrected chi connectivity index (χ0v) is 10.9. The van der Waals surface area contributed by atoms with E-state index >= 15 is 0 Å². The second-order valence-corrected chi connectivity index (χ2v) is 4.90. The maximum Gasteiger partial charge on any atom is 0.255 e. The lowest BCUT2D eigenvalue weighted by Gasteiger charge is -2.27. The van der Waals surface area contributed by atoms with Gasteiger partial charge in [-0.15, -0.1) is 0 Å². The van der Waals surface area contributed by atoms with Gasteiger partial charge in [-0.3, -0.25) is 4.79 Å². The summed E-state index contributed by atoms with van der Waals surface area (Å²) in [6, 6.07) is 1.51. The molecule has 2 heterocycles. The fourth-order valence-corrected chi connectivity index (χ4v) is 2.16. The smallest absolute Gasteiger partial charge is 0.255 e. The van der Waals surface area contributed by atoms with Gasteiger partial charge in [0.15, 0.2) is 0 Å². The summed E-state index contributed by atoms with van der Waals surface area (Å²) in [5.74, 6) is 0.263. The van der Waals surface area contributed by atoms with Crippen LogP contribution in [0.15, 0.2) is 24.4 Å². The Morgan fingerprint density at radius 2 is 2.29 bits per heavy atom. The van der Waals surface area contributed by atoms with Crippen LogP contribution in [0.1, 0.15) is 17.3 Å². The third-order valence-electron chi connectivity index (χ3n) is 2.64. The highest BCUT2D eigenvalue weighted by Gasteiger charge is 2.21. The predicted molar refractivity (Wildman–Crippen MR) is 68.5 cm³/mol. The predicted octanol–water partition coefficient (Wildman–Crippen LogP) is 3.04. The molecule has 0 N–H and O–H groups in total. The Hall–Kier alpha value is -1.06. The van der Waals surface area contributed by atoms with Crippen molar-refractivity contribution in [2.75, 3.05) is 13.1 Å². The van der Waals surface area contributed by atoms with Crippen molar-refractivity contribution < 1.29 is 4.79 Å². The van der Waals surface area contributed by atoms with E-state index in [1.165, 1.54) is 12.3 Å². The fourth-order valence-electron chi connectivity index (χ4n) is 1.82. The van der Waals surface area contributed by atoms with Crippen LogP contribution in [-0.2, 0) is 0 Å². The van der Waals surface area contributed by atoms with Crippen LogP contribution >= 0.6 is 23.2 Å². The monoisotopic (exact) mass is 270 g/mol. The van der Waals surface area contributed by atoms with Crippen LogP contribution in [0.2, 0.25) is 10.2 Å². The van der Waals surface area contributed by atoms with E-state index in [0.29, 0.717) is 29.6 Å². The molecule has 90 valence electrons. The Labute approximate surface area is 110 Å². The molecule has 1 aromatic rings. The second-order valence-electron chi connectivity index (χ2n) is 4.10. The molecular formula is C12H12Cl2N2O. The highest BCUT2D eigenvalue weighted by molar-refractivity contribution is 6.35. The number of halogens is 2. The van der Waals surface area contributed by atoms with E-state index in [1.807, 2.05) is 6.08 Å². The van der Waals surface area contributed by atoms with E-state index in [1.54, 1.807) is 4.90 Å². The molecule has 0 spiro atoms. The molecule has 0 saturated heterocycles. The van der Waals surface area contributed by atoms with Crippen molar-refractivity contribution >= 4 is 29.1 Å². The van der Waals surface area contributed by atoms with Gasteiger partial charge < -0.3 is 4.90 Å². The summed E-state index contributed by atoms with van der Waals surface area (Å²) in [4.78, 5) is 17.8. The average Bonchev–Trinajstić information content (AvgIpc) is 2.31. The number of carbonyl (C=O) groups excluding carboxylic acids is 1. The Morgan fingerprint density at radius 3 is 3.00 bits per heavy atom. The lowest BCUT2D eigenvalue weighted by molar-refractivity contribution is 0.0753. The summed E-state index contributed by atoms with van der Waals surface area (Å²) in [5.41, 5.74) is 0.411. The molecule has 5 heteroatoms. The minimum Gasteiger partial charge on any atom is -0.334 e. The van der Waals surface area contributed by atoms with E-state index in [4.69, 9.17) is 23.2 Å². The van der Waals surface area contributed by atoms with E-state index in [2.05, 4.69) is 18.0 Å². The van der Waals surface area contributed by atoms with E-state index < -0.39 is 0 Å². The van der Waals surface area contributed by atoms with Gasteiger partial charge in [-0.2, -0.15) is 0 Å². The average molecular weight is 271 g/mol. The van der Waals surface area contributed by atoms with Gasteiger partial charge in [0, 0.05) is 19.3 Å². The molecule has 0 aromatic carbocycles. The van der Waals surface area contributed by atoms with Gasteiger partial charge >= 0.3 is 0 Å². The van der Waals surface area contributed by atoms with Crippen LogP contribution in [-0.4, -0.2) is 28.9 Å². The van der Waals surface area contributed by atoms with E-state index in [0.717, 1.165) is 0 Å². The lowest BCUT2D eigenvalue weighted by Crippen LogP contribution is -2.37. The summed E-state index contributed by atoms with van der Waals surface area (Å²) in [7, 11) is 0. The SMILES string of the molecule is CC1C=CCN(C(=O)c2cc(Cl)ncc2Cl)C1. The molecule has 1 atom stereocenters. The highest BCUT2D eigenvalue weighted by Crippen LogP contribution is 2.21. The normalized spacial score (nSPS) is 19.5. The number of carbonyl (C=O) groups is 1. The second kappa shape index (κ2) is 5.07. The van der Waals surface area contributed by atoms with Gasteiger partial charge in [0.25, 0.3) is 5.91 Å². The van der Waals surface area contributed by atoms with Gasteiger partial charge in [0.05, 0.1) is 10.6 Å². The third-order valence-corrected chi connectivity index (χ3v) is 3.15. The van der Waals surface area contributed by atoms with Crippen molar-refractivity contribution in [3.05, 3.63) is 40.2 Å². The van der Waals surface area contributed by atoms with Crippen LogP contribution in [0, 0.1) is 5.92 Å². The van der Waals surface area contributed by atoms with Gasteiger partial charge in [0.1, 0.15) is 5.15 Å². The summed E-state index contributed by atoms with van der Waals surface area (Å²) < 4.78 is 0. The van der Waals surface area contributed by atoms with Crippen LogP contribution in [0.3, 0.4) is 0 Å². The zero-order chi connectivity index (χ0) is 12.4. The number of aromatic nitrogens is 1. The van der Waals surface area contributed by atoms with E-state index in [-0.39, 0.29) is 11.1 Å². The number of hydrogen-bond acceptors (Lipinski definition) is 2. The first-order valence-electron chi connectivity index (χ1n) is 5.35. The van der Waals surface area contributed by atoms with Gasteiger partial charge in [-0.25, -0.2) is 4.98 Å². The molecule has 3 nitrogen and oxygen atoms in total. The van der Waals surface area contributed by atoms with E-state index in [9.17, 15) is 4.79 Å². The number of hydrogen-bond donors (Lipinski definition) is 0. The van der Waals surface area contributed by atoms with Crippen molar-refractivity contribution in [2.45, 2.75) is 6.92 Å². The van der Waals surface area contributed by atoms with Crippen molar-refractivity contribution in [1.82, 2.24) is 9.88 Å². The molecule has 0 saturated carbocycles. The fraction of sp³-hybridized carbons (Fsp3) is 0.333. The van der Waals surface area contributed by atoms with Crippen molar-refractivity contribution in [2.24, 2.45) is 5.92 Å². The molecule has 1 unspecified atom stereocenters. The Kier molecular flexibility index (Phi) is 3.69. The molecule has 0 bridgehead atoms. The molecule has 17 heavy (non-hydrogen) atoms. The quantitative estimate of drug-likeness (QED) is 0.581. The standard InChI is InChI=1S/C12H12Cl2N2O/c1-8-3-2-4-16(7-8)12(17)9-5-11(14)15-6-10(9)13/h2-3,5-6,8H,4,7H2,1H3. The molecule has 2 rings (SSSR count). The number of amides is 1. The Morgan fingerprint density at radius 1 is 1.53 bits per heavy atom. The Balaban J connectivity index is 2.25. The number of rotatable bonds is 1. The number of nitrogens with zero attached hydrogens (tertiary/aromatic N) is 2. The highest BCUT2D eigenvalue weighted by atomic mass is 35.5. The van der Waals surface area contributed by atoms with Crippen LogP contribution in [0.5, 0.6) is 0 Å². The molecule has 1 aromatic heterocycles. The van der Waals surface area contributed by atoms with Gasteiger partial charge in [0.2, 0.25) is 0 Å². The first kappa shape index (κ1) is 12.4. The summed E-state index contributed by atoms with van der Waals surface area (Å²) in [6.07, 6.45) is 5.49. The van der Waals surface area contributed by atoms with Crippen molar-refractivity contribution in [1.29, 1.82) is 0 Å². The molecule has 0 aliphatic carbocycles. The first-order valence-corrected chi connectivity index (χ1v) is 6.10. The van der Waals surface area contributed by atoms with Crippen LogP contribution in [0.25, 0.3) is 0 Å². The summed E-state index contributed by atoms with van der Waals surface area (Å²) in [6.45, 7) is 3.38. The van der Waals surface area contributed by atoms with Crippen molar-refractivity contribution in [3.8, 4) is 0 Å². The maximum absolute atomic E-state index is 12.2. The van der Waals surface area contributed by atoms with Gasteiger partial charge in [-0.05, 0) is 12.0 Å². The first-order chi connectivity index (χ1) is 8.08. The molecule has 1 aliphatic heterocycles. The Bertz CT molecular complexity index is 474. The molecular weight excluding hydrogens is 259 g/mol. The minimum atomic E-state index is -0.101. The summed E-state index contributed by atoms with van der Waals surface area (Å²) in [5, 5.41) is 0.611. The topological polar surface area (TPSA) is 33.2 Å². The number of pyridine rings is 1. The molecule has 0 radical (unpaired) electrons. The molecule has 1 aliphatic rings. The molecule has 0 fully saturated rings.